The zero-order valence-electron chi connectivity index (χ0n) is 12.6. The van der Waals surface area contributed by atoms with E-state index in [9.17, 15) is 0 Å². The van der Waals surface area contributed by atoms with Crippen LogP contribution in [0, 0.1) is 5.92 Å². The van der Waals surface area contributed by atoms with E-state index in [0.29, 0.717) is 12.0 Å². The molecule has 2 aliphatic rings. The van der Waals surface area contributed by atoms with E-state index in [1.54, 1.807) is 0 Å². The van der Waals surface area contributed by atoms with Gasteiger partial charge in [0.25, 0.3) is 0 Å². The van der Waals surface area contributed by atoms with Crippen molar-refractivity contribution in [2.75, 3.05) is 26.4 Å². The molecule has 1 aliphatic carbocycles. The molecule has 1 saturated heterocycles. The summed E-state index contributed by atoms with van der Waals surface area (Å²) in [6.07, 6.45) is 4.24. The lowest BCUT2D eigenvalue weighted by molar-refractivity contribution is -0.207. The molecule has 1 saturated carbocycles. The first-order chi connectivity index (χ1) is 9.15. The number of hydrogen-bond donors (Lipinski definition) is 1. The number of ether oxygens (including phenoxy) is 3. The third-order valence-corrected chi connectivity index (χ3v) is 4.10. The van der Waals surface area contributed by atoms with Crippen LogP contribution in [0.25, 0.3) is 0 Å². The Labute approximate surface area is 117 Å². The van der Waals surface area contributed by atoms with Gasteiger partial charge in [-0.25, -0.2) is 0 Å². The molecule has 0 amide bonds. The minimum absolute atomic E-state index is 0.213. The Balaban J connectivity index is 1.88. The summed E-state index contributed by atoms with van der Waals surface area (Å²) in [5.74, 6) is 0.336. The van der Waals surface area contributed by atoms with Crippen molar-refractivity contribution < 1.29 is 14.2 Å². The lowest BCUT2D eigenvalue weighted by Gasteiger charge is -2.41. The van der Waals surface area contributed by atoms with Crippen LogP contribution in [0.4, 0.5) is 0 Å². The van der Waals surface area contributed by atoms with Crippen molar-refractivity contribution in [3.63, 3.8) is 0 Å². The van der Waals surface area contributed by atoms with Crippen LogP contribution >= 0.6 is 0 Å². The Hall–Kier alpha value is -0.160. The monoisotopic (exact) mass is 271 g/mol. The number of hydrogen-bond acceptors (Lipinski definition) is 4. The van der Waals surface area contributed by atoms with E-state index in [1.807, 2.05) is 0 Å². The van der Waals surface area contributed by atoms with Crippen LogP contribution in [-0.2, 0) is 14.2 Å². The Morgan fingerprint density at radius 2 is 2.05 bits per heavy atom. The second-order valence-electron chi connectivity index (χ2n) is 6.11. The molecule has 0 aromatic rings. The molecule has 1 heterocycles. The van der Waals surface area contributed by atoms with Crippen molar-refractivity contribution in [2.24, 2.45) is 5.92 Å². The van der Waals surface area contributed by atoms with E-state index < -0.39 is 0 Å². The van der Waals surface area contributed by atoms with Crippen LogP contribution in [-0.4, -0.2) is 44.3 Å². The molecule has 2 rings (SSSR count). The highest BCUT2D eigenvalue weighted by Crippen LogP contribution is 2.37. The molecular formula is C15H29NO3. The zero-order valence-corrected chi connectivity index (χ0v) is 12.6. The SMILES string of the molecule is CCNC1CCC2(CC1OCCC(C)C)OCCO2. The molecule has 19 heavy (non-hydrogen) atoms. The maximum atomic E-state index is 6.12. The molecule has 1 aliphatic heterocycles. The van der Waals surface area contributed by atoms with Gasteiger partial charge in [0.1, 0.15) is 0 Å². The molecule has 2 atom stereocenters. The van der Waals surface area contributed by atoms with Crippen molar-refractivity contribution in [1.29, 1.82) is 0 Å². The standard InChI is InChI=1S/C15H29NO3/c1-4-16-13-5-7-15(18-9-10-19-15)11-14(13)17-8-6-12(2)3/h12-14,16H,4-11H2,1-3H3. The fourth-order valence-electron chi connectivity index (χ4n) is 3.00. The van der Waals surface area contributed by atoms with Crippen molar-refractivity contribution in [3.05, 3.63) is 0 Å². The van der Waals surface area contributed by atoms with Crippen molar-refractivity contribution in [1.82, 2.24) is 5.32 Å². The highest BCUT2D eigenvalue weighted by molar-refractivity contribution is 4.92. The first kappa shape index (κ1) is 15.2. The first-order valence-electron chi connectivity index (χ1n) is 7.78. The van der Waals surface area contributed by atoms with Gasteiger partial charge in [0, 0.05) is 25.5 Å². The largest absolute Gasteiger partial charge is 0.376 e. The Morgan fingerprint density at radius 1 is 1.32 bits per heavy atom. The van der Waals surface area contributed by atoms with Crippen LogP contribution in [0.15, 0.2) is 0 Å². The van der Waals surface area contributed by atoms with Crippen LogP contribution < -0.4 is 5.32 Å². The third kappa shape index (κ3) is 4.15. The van der Waals surface area contributed by atoms with Crippen LogP contribution in [0.5, 0.6) is 0 Å². The zero-order chi connectivity index (χ0) is 13.7. The molecular weight excluding hydrogens is 242 g/mol. The Kier molecular flexibility index (Phi) is 5.63. The predicted octanol–water partition coefficient (Wildman–Crippen LogP) is 2.32. The van der Waals surface area contributed by atoms with Crippen LogP contribution in [0.3, 0.4) is 0 Å². The van der Waals surface area contributed by atoms with Gasteiger partial charge in [-0.3, -0.25) is 0 Å². The van der Waals surface area contributed by atoms with Crippen molar-refractivity contribution >= 4 is 0 Å². The summed E-state index contributed by atoms with van der Waals surface area (Å²) in [4.78, 5) is 0. The number of nitrogens with one attached hydrogen (secondary N) is 1. The highest BCUT2D eigenvalue weighted by atomic mass is 16.7. The molecule has 0 aromatic carbocycles. The summed E-state index contributed by atoms with van der Waals surface area (Å²) < 4.78 is 17.8. The Bertz CT molecular complexity index is 264. The normalized spacial score (nSPS) is 30.3. The Morgan fingerprint density at radius 3 is 2.68 bits per heavy atom. The molecule has 4 nitrogen and oxygen atoms in total. The number of likely N-dealkylation sites (N-methyl/N-ethyl adjacent to an activating group) is 1. The van der Waals surface area contributed by atoms with Crippen LogP contribution in [0.2, 0.25) is 0 Å². The van der Waals surface area contributed by atoms with E-state index in [1.165, 1.54) is 0 Å². The highest BCUT2D eigenvalue weighted by Gasteiger charge is 2.45. The summed E-state index contributed by atoms with van der Waals surface area (Å²) in [5, 5.41) is 3.54. The molecule has 2 fully saturated rings. The molecule has 112 valence electrons. The van der Waals surface area contributed by atoms with Gasteiger partial charge in [0.2, 0.25) is 0 Å². The van der Waals surface area contributed by atoms with Crippen LogP contribution in [0.1, 0.15) is 46.5 Å². The second kappa shape index (κ2) is 7.02. The van der Waals surface area contributed by atoms with E-state index in [4.69, 9.17) is 14.2 Å². The van der Waals surface area contributed by atoms with Gasteiger partial charge in [-0.1, -0.05) is 20.8 Å². The van der Waals surface area contributed by atoms with E-state index in [-0.39, 0.29) is 11.9 Å². The molecule has 0 bridgehead atoms. The van der Waals surface area contributed by atoms with E-state index in [2.05, 4.69) is 26.1 Å². The minimum Gasteiger partial charge on any atom is -0.376 e. The summed E-state index contributed by atoms with van der Waals surface area (Å²) in [6.45, 7) is 9.89. The van der Waals surface area contributed by atoms with Gasteiger partial charge in [0.15, 0.2) is 5.79 Å². The van der Waals surface area contributed by atoms with Gasteiger partial charge < -0.3 is 19.5 Å². The fraction of sp³-hybridized carbons (Fsp3) is 1.00. The molecule has 1 N–H and O–H groups in total. The quantitative estimate of drug-likeness (QED) is 0.805. The number of rotatable bonds is 6. The van der Waals surface area contributed by atoms with Crippen molar-refractivity contribution in [2.45, 2.75) is 64.4 Å². The average Bonchev–Trinajstić information content (AvgIpc) is 2.81. The lowest BCUT2D eigenvalue weighted by Crippen LogP contribution is -2.52. The predicted molar refractivity (Wildman–Crippen MR) is 75.1 cm³/mol. The van der Waals surface area contributed by atoms with Crippen molar-refractivity contribution in [3.8, 4) is 0 Å². The van der Waals surface area contributed by atoms with Gasteiger partial charge in [-0.15, -0.1) is 0 Å². The van der Waals surface area contributed by atoms with E-state index >= 15 is 0 Å². The third-order valence-electron chi connectivity index (χ3n) is 4.10. The maximum Gasteiger partial charge on any atom is 0.171 e. The van der Waals surface area contributed by atoms with Gasteiger partial charge in [-0.2, -0.15) is 0 Å². The van der Waals surface area contributed by atoms with Gasteiger partial charge >= 0.3 is 0 Å². The summed E-state index contributed by atoms with van der Waals surface area (Å²) in [5.41, 5.74) is 0. The maximum absolute atomic E-state index is 6.12. The van der Waals surface area contributed by atoms with Gasteiger partial charge in [-0.05, 0) is 25.3 Å². The summed E-state index contributed by atoms with van der Waals surface area (Å²) in [7, 11) is 0. The molecule has 4 heteroatoms. The minimum atomic E-state index is -0.353. The smallest absolute Gasteiger partial charge is 0.171 e. The fourth-order valence-corrected chi connectivity index (χ4v) is 3.00. The molecule has 2 unspecified atom stereocenters. The summed E-state index contributed by atoms with van der Waals surface area (Å²) >= 11 is 0. The lowest BCUT2D eigenvalue weighted by atomic mass is 9.87. The summed E-state index contributed by atoms with van der Waals surface area (Å²) in [6, 6.07) is 0.440. The molecule has 0 radical (unpaired) electrons. The first-order valence-corrected chi connectivity index (χ1v) is 7.78. The topological polar surface area (TPSA) is 39.7 Å². The molecule has 1 spiro atoms. The molecule has 0 aromatic heterocycles. The van der Waals surface area contributed by atoms with Gasteiger partial charge in [0.05, 0.1) is 19.3 Å². The average molecular weight is 271 g/mol. The second-order valence-corrected chi connectivity index (χ2v) is 6.11. The van der Waals surface area contributed by atoms with E-state index in [0.717, 1.165) is 52.0 Å².